The van der Waals surface area contributed by atoms with Gasteiger partial charge >= 0.3 is 0 Å². The minimum atomic E-state index is 0.0729. The quantitative estimate of drug-likeness (QED) is 0.556. The maximum Gasteiger partial charge on any atom is 0.0712 e. The van der Waals surface area contributed by atoms with Crippen LogP contribution in [0.3, 0.4) is 0 Å². The summed E-state index contributed by atoms with van der Waals surface area (Å²) in [5.41, 5.74) is 2.61. The number of rotatable bonds is 8. The van der Waals surface area contributed by atoms with E-state index in [4.69, 9.17) is 11.6 Å². The fourth-order valence-corrected chi connectivity index (χ4v) is 3.02. The lowest BCUT2D eigenvalue weighted by atomic mass is 10.0. The molecule has 1 atom stereocenters. The summed E-state index contributed by atoms with van der Waals surface area (Å²) < 4.78 is 0. The van der Waals surface area contributed by atoms with Crippen molar-refractivity contribution in [1.82, 2.24) is 4.90 Å². The van der Waals surface area contributed by atoms with Crippen LogP contribution in [0.1, 0.15) is 64.0 Å². The minimum absolute atomic E-state index is 0.0729. The highest BCUT2D eigenvalue weighted by Gasteiger charge is 2.16. The monoisotopic (exact) mass is 309 g/mol. The molecular formula is C19H32ClN. The molecule has 1 aromatic carbocycles. The van der Waals surface area contributed by atoms with Gasteiger partial charge in [-0.05, 0) is 28.9 Å². The summed E-state index contributed by atoms with van der Waals surface area (Å²) in [7, 11) is 0. The zero-order chi connectivity index (χ0) is 16.0. The van der Waals surface area contributed by atoms with Gasteiger partial charge in [-0.15, -0.1) is 11.6 Å². The predicted octanol–water partition coefficient (Wildman–Crippen LogP) is 5.70. The Kier molecular flexibility index (Phi) is 7.76. The lowest BCUT2D eigenvalue weighted by Crippen LogP contribution is -2.34. The average Bonchev–Trinajstić information content (AvgIpc) is 2.37. The lowest BCUT2D eigenvalue weighted by molar-refractivity contribution is 0.219. The van der Waals surface area contributed by atoms with Crippen molar-refractivity contribution in [2.45, 2.75) is 52.8 Å². The highest BCUT2D eigenvalue weighted by molar-refractivity contribution is 6.21. The first-order chi connectivity index (χ1) is 9.79. The van der Waals surface area contributed by atoms with Gasteiger partial charge in [0.1, 0.15) is 0 Å². The minimum Gasteiger partial charge on any atom is -0.301 e. The smallest absolute Gasteiger partial charge is 0.0712 e. The second-order valence-electron chi connectivity index (χ2n) is 7.30. The van der Waals surface area contributed by atoms with Crippen molar-refractivity contribution < 1.29 is 0 Å². The van der Waals surface area contributed by atoms with Crippen LogP contribution in [-0.2, 0) is 0 Å². The van der Waals surface area contributed by atoms with E-state index < -0.39 is 0 Å². The number of halogens is 1. The normalized spacial score (nSPS) is 13.7. The SMILES string of the molecule is CC(C)CN(CC(C)C)CC(Cl)c1ccc(C(C)C)cc1. The van der Waals surface area contributed by atoms with E-state index in [-0.39, 0.29) is 5.38 Å². The van der Waals surface area contributed by atoms with Crippen LogP contribution in [0.4, 0.5) is 0 Å². The highest BCUT2D eigenvalue weighted by atomic mass is 35.5. The van der Waals surface area contributed by atoms with Crippen LogP contribution in [0.15, 0.2) is 24.3 Å². The third-order valence-corrected chi connectivity index (χ3v) is 4.02. The molecule has 0 N–H and O–H groups in total. The zero-order valence-corrected chi connectivity index (χ0v) is 15.3. The molecule has 0 bridgehead atoms. The Labute approximate surface area is 136 Å². The summed E-state index contributed by atoms with van der Waals surface area (Å²) in [5.74, 6) is 1.93. The molecule has 0 saturated heterocycles. The van der Waals surface area contributed by atoms with Crippen LogP contribution in [0, 0.1) is 11.8 Å². The Bertz CT molecular complexity index is 385. The van der Waals surface area contributed by atoms with Crippen molar-refractivity contribution in [2.75, 3.05) is 19.6 Å². The predicted molar refractivity (Wildman–Crippen MR) is 95.2 cm³/mol. The largest absolute Gasteiger partial charge is 0.301 e. The van der Waals surface area contributed by atoms with Crippen LogP contribution in [0.2, 0.25) is 0 Å². The molecule has 0 heterocycles. The molecule has 0 aliphatic heterocycles. The summed E-state index contributed by atoms with van der Waals surface area (Å²) in [6, 6.07) is 8.81. The van der Waals surface area contributed by atoms with Gasteiger partial charge in [-0.2, -0.15) is 0 Å². The van der Waals surface area contributed by atoms with E-state index >= 15 is 0 Å². The number of nitrogens with zero attached hydrogens (tertiary/aromatic N) is 1. The molecule has 0 saturated carbocycles. The summed E-state index contributed by atoms with van der Waals surface area (Å²) in [5, 5.41) is 0.0729. The summed E-state index contributed by atoms with van der Waals surface area (Å²) >= 11 is 6.66. The molecule has 0 radical (unpaired) electrons. The van der Waals surface area contributed by atoms with Crippen molar-refractivity contribution in [2.24, 2.45) is 11.8 Å². The number of hydrogen-bond donors (Lipinski definition) is 0. The van der Waals surface area contributed by atoms with Crippen molar-refractivity contribution in [3.63, 3.8) is 0 Å². The molecule has 0 aromatic heterocycles. The van der Waals surface area contributed by atoms with Crippen molar-refractivity contribution in [3.8, 4) is 0 Å². The van der Waals surface area contributed by atoms with E-state index in [1.54, 1.807) is 0 Å². The van der Waals surface area contributed by atoms with E-state index in [1.807, 2.05) is 0 Å². The second kappa shape index (κ2) is 8.80. The van der Waals surface area contributed by atoms with Gasteiger partial charge in [-0.1, -0.05) is 65.8 Å². The first-order valence-electron chi connectivity index (χ1n) is 8.25. The van der Waals surface area contributed by atoms with Crippen LogP contribution < -0.4 is 0 Å². The average molecular weight is 310 g/mol. The molecule has 1 aromatic rings. The van der Waals surface area contributed by atoms with Crippen molar-refractivity contribution in [1.29, 1.82) is 0 Å². The standard InChI is InChI=1S/C19H32ClN/c1-14(2)11-21(12-15(3)4)13-19(20)18-9-7-17(8-10-18)16(5)6/h7-10,14-16,19H,11-13H2,1-6H3. The Morgan fingerprint density at radius 1 is 0.762 bits per heavy atom. The molecule has 0 aliphatic carbocycles. The first-order valence-corrected chi connectivity index (χ1v) is 8.69. The van der Waals surface area contributed by atoms with Crippen LogP contribution in [0.5, 0.6) is 0 Å². The molecule has 21 heavy (non-hydrogen) atoms. The summed E-state index contributed by atoms with van der Waals surface area (Å²) in [6.45, 7) is 16.7. The lowest BCUT2D eigenvalue weighted by Gasteiger charge is -2.28. The molecule has 1 nitrogen and oxygen atoms in total. The molecule has 0 spiro atoms. The van der Waals surface area contributed by atoms with Gasteiger partial charge in [0.25, 0.3) is 0 Å². The molecular weight excluding hydrogens is 278 g/mol. The van der Waals surface area contributed by atoms with E-state index in [0.29, 0.717) is 17.8 Å². The Balaban J connectivity index is 2.69. The molecule has 120 valence electrons. The van der Waals surface area contributed by atoms with E-state index in [0.717, 1.165) is 19.6 Å². The zero-order valence-electron chi connectivity index (χ0n) is 14.6. The van der Waals surface area contributed by atoms with Crippen molar-refractivity contribution >= 4 is 11.6 Å². The molecule has 2 heteroatoms. The Hall–Kier alpha value is -0.530. The summed E-state index contributed by atoms with van der Waals surface area (Å²) in [6.07, 6.45) is 0. The first kappa shape index (κ1) is 18.5. The second-order valence-corrected chi connectivity index (χ2v) is 7.82. The molecule has 1 rings (SSSR count). The van der Waals surface area contributed by atoms with E-state index in [1.165, 1.54) is 11.1 Å². The number of benzene rings is 1. The van der Waals surface area contributed by atoms with Gasteiger partial charge in [0.15, 0.2) is 0 Å². The molecule has 0 aliphatic rings. The Morgan fingerprint density at radius 3 is 1.57 bits per heavy atom. The number of alkyl halides is 1. The van der Waals surface area contributed by atoms with Gasteiger partial charge in [0, 0.05) is 19.6 Å². The number of hydrogen-bond acceptors (Lipinski definition) is 1. The van der Waals surface area contributed by atoms with E-state index in [9.17, 15) is 0 Å². The van der Waals surface area contributed by atoms with Gasteiger partial charge in [0.2, 0.25) is 0 Å². The van der Waals surface area contributed by atoms with Crippen LogP contribution in [-0.4, -0.2) is 24.5 Å². The topological polar surface area (TPSA) is 3.24 Å². The van der Waals surface area contributed by atoms with Crippen LogP contribution >= 0.6 is 11.6 Å². The third-order valence-electron chi connectivity index (χ3n) is 3.63. The Morgan fingerprint density at radius 2 is 1.19 bits per heavy atom. The fourth-order valence-electron chi connectivity index (χ4n) is 2.68. The van der Waals surface area contributed by atoms with Gasteiger partial charge < -0.3 is 4.90 Å². The van der Waals surface area contributed by atoms with Crippen LogP contribution in [0.25, 0.3) is 0 Å². The summed E-state index contributed by atoms with van der Waals surface area (Å²) in [4.78, 5) is 2.50. The van der Waals surface area contributed by atoms with E-state index in [2.05, 4.69) is 70.7 Å². The third kappa shape index (κ3) is 6.84. The molecule has 0 amide bonds. The molecule has 0 fully saturated rings. The maximum atomic E-state index is 6.66. The van der Waals surface area contributed by atoms with Gasteiger partial charge in [-0.25, -0.2) is 0 Å². The highest BCUT2D eigenvalue weighted by Crippen LogP contribution is 2.24. The fraction of sp³-hybridized carbons (Fsp3) is 0.684. The van der Waals surface area contributed by atoms with Gasteiger partial charge in [0.05, 0.1) is 5.38 Å². The van der Waals surface area contributed by atoms with Gasteiger partial charge in [-0.3, -0.25) is 0 Å². The van der Waals surface area contributed by atoms with Crippen molar-refractivity contribution in [3.05, 3.63) is 35.4 Å². The molecule has 1 unspecified atom stereocenters. The maximum absolute atomic E-state index is 6.66.